The van der Waals surface area contributed by atoms with E-state index < -0.39 is 0 Å². The van der Waals surface area contributed by atoms with Crippen LogP contribution in [-0.4, -0.2) is 20.0 Å². The van der Waals surface area contributed by atoms with E-state index >= 15 is 0 Å². The van der Waals surface area contributed by atoms with Crippen LogP contribution in [0.3, 0.4) is 0 Å². The number of aromatic hydroxyl groups is 2. The van der Waals surface area contributed by atoms with Crippen molar-refractivity contribution in [2.75, 3.05) is 5.32 Å². The van der Waals surface area contributed by atoms with Gasteiger partial charge in [0.05, 0.1) is 11.4 Å². The van der Waals surface area contributed by atoms with Crippen LogP contribution in [0.4, 0.5) is 5.69 Å². The van der Waals surface area contributed by atoms with Gasteiger partial charge in [-0.15, -0.1) is 0 Å². The third-order valence-electron chi connectivity index (χ3n) is 3.19. The minimum Gasteiger partial charge on any atom is -0.508 e. The molecule has 3 rings (SSSR count). The molecule has 21 heavy (non-hydrogen) atoms. The predicted molar refractivity (Wildman–Crippen MR) is 80.7 cm³/mol. The van der Waals surface area contributed by atoms with Crippen molar-refractivity contribution in [2.24, 2.45) is 0 Å². The fourth-order valence-corrected chi connectivity index (χ4v) is 2.13. The van der Waals surface area contributed by atoms with Crippen molar-refractivity contribution in [1.82, 2.24) is 9.78 Å². The molecule has 2 aromatic carbocycles. The lowest BCUT2D eigenvalue weighted by Gasteiger charge is -2.12. The van der Waals surface area contributed by atoms with Crippen LogP contribution in [0.2, 0.25) is 0 Å². The molecule has 3 aromatic rings. The fraction of sp³-hybridized carbons (Fsp3) is 0.0625. The number of nitrogens with one attached hydrogen (secondary N) is 1. The Balaban J connectivity index is 1.83. The van der Waals surface area contributed by atoms with Gasteiger partial charge in [0.2, 0.25) is 0 Å². The Morgan fingerprint density at radius 2 is 1.90 bits per heavy atom. The van der Waals surface area contributed by atoms with Crippen LogP contribution in [-0.2, 0) is 6.54 Å². The maximum atomic E-state index is 9.81. The maximum absolute atomic E-state index is 9.81. The van der Waals surface area contributed by atoms with Crippen molar-refractivity contribution in [3.8, 4) is 17.2 Å². The smallest absolute Gasteiger partial charge is 0.124 e. The van der Waals surface area contributed by atoms with Crippen molar-refractivity contribution in [1.29, 1.82) is 0 Å². The summed E-state index contributed by atoms with van der Waals surface area (Å²) in [6, 6.07) is 14.2. The summed E-state index contributed by atoms with van der Waals surface area (Å²) in [7, 11) is 0. The van der Waals surface area contributed by atoms with E-state index in [0.717, 1.165) is 11.4 Å². The topological polar surface area (TPSA) is 70.3 Å². The Bertz CT molecular complexity index is 739. The maximum Gasteiger partial charge on any atom is 0.124 e. The molecule has 0 atom stereocenters. The van der Waals surface area contributed by atoms with E-state index in [9.17, 15) is 10.2 Å². The van der Waals surface area contributed by atoms with Gasteiger partial charge in [-0.05, 0) is 30.3 Å². The lowest BCUT2D eigenvalue weighted by atomic mass is 10.2. The molecule has 1 aromatic heterocycles. The van der Waals surface area contributed by atoms with Crippen molar-refractivity contribution in [3.63, 3.8) is 0 Å². The van der Waals surface area contributed by atoms with Crippen molar-refractivity contribution >= 4 is 5.69 Å². The number of hydrogen-bond acceptors (Lipinski definition) is 4. The van der Waals surface area contributed by atoms with E-state index in [1.165, 1.54) is 6.07 Å². The molecule has 0 aliphatic rings. The van der Waals surface area contributed by atoms with Gasteiger partial charge < -0.3 is 15.5 Å². The van der Waals surface area contributed by atoms with Crippen LogP contribution in [0, 0.1) is 0 Å². The van der Waals surface area contributed by atoms with Gasteiger partial charge in [0.25, 0.3) is 0 Å². The quantitative estimate of drug-likeness (QED) is 0.687. The normalized spacial score (nSPS) is 10.5. The number of hydrogen-bond donors (Lipinski definition) is 3. The zero-order valence-corrected chi connectivity index (χ0v) is 11.3. The average Bonchev–Trinajstić information content (AvgIpc) is 3.01. The molecule has 0 bridgehead atoms. The molecule has 3 N–H and O–H groups in total. The van der Waals surface area contributed by atoms with Crippen LogP contribution in [0.5, 0.6) is 11.5 Å². The number of anilines is 1. The molecule has 0 amide bonds. The second-order valence-corrected chi connectivity index (χ2v) is 4.63. The van der Waals surface area contributed by atoms with Crippen LogP contribution in [0.15, 0.2) is 60.9 Å². The molecule has 5 heteroatoms. The van der Waals surface area contributed by atoms with E-state index in [4.69, 9.17) is 0 Å². The summed E-state index contributed by atoms with van der Waals surface area (Å²) < 4.78 is 1.78. The number of aromatic nitrogens is 2. The predicted octanol–water partition coefficient (Wildman–Crippen LogP) is 2.90. The first-order valence-electron chi connectivity index (χ1n) is 6.58. The Kier molecular flexibility index (Phi) is 3.47. The monoisotopic (exact) mass is 281 g/mol. The van der Waals surface area contributed by atoms with Gasteiger partial charge >= 0.3 is 0 Å². The molecule has 0 radical (unpaired) electrons. The number of phenols is 2. The van der Waals surface area contributed by atoms with E-state index in [-0.39, 0.29) is 11.5 Å². The van der Waals surface area contributed by atoms with Crippen LogP contribution in [0.1, 0.15) is 5.56 Å². The van der Waals surface area contributed by atoms with E-state index in [2.05, 4.69) is 10.4 Å². The summed E-state index contributed by atoms with van der Waals surface area (Å²) >= 11 is 0. The molecule has 0 saturated carbocycles. The molecule has 106 valence electrons. The van der Waals surface area contributed by atoms with Gasteiger partial charge in [0, 0.05) is 30.6 Å². The van der Waals surface area contributed by atoms with Gasteiger partial charge in [0.1, 0.15) is 11.5 Å². The van der Waals surface area contributed by atoms with Gasteiger partial charge in [-0.3, -0.25) is 0 Å². The van der Waals surface area contributed by atoms with Gasteiger partial charge in [-0.1, -0.05) is 12.1 Å². The summed E-state index contributed by atoms with van der Waals surface area (Å²) in [5.74, 6) is 0.118. The molecule has 1 heterocycles. The first kappa shape index (κ1) is 13.1. The largest absolute Gasteiger partial charge is 0.508 e. The molecule has 0 unspecified atom stereocenters. The van der Waals surface area contributed by atoms with Gasteiger partial charge in [0.15, 0.2) is 0 Å². The molecular formula is C16H15N3O2. The summed E-state index contributed by atoms with van der Waals surface area (Å²) in [6.07, 6.45) is 3.60. The Labute approximate surface area is 122 Å². The first-order chi connectivity index (χ1) is 10.2. The Hall–Kier alpha value is -2.95. The first-order valence-corrected chi connectivity index (χ1v) is 6.58. The highest BCUT2D eigenvalue weighted by atomic mass is 16.3. The third kappa shape index (κ3) is 2.81. The minimum absolute atomic E-state index is 0.0493. The minimum atomic E-state index is 0.0493. The standard InChI is InChI=1S/C16H15N3O2/c20-13-7-6-12(16(21)10-13)11-17-14-4-1-2-5-15(14)19-9-3-8-18-19/h1-10,17,20-21H,11H2. The van der Waals surface area contributed by atoms with Crippen molar-refractivity contribution < 1.29 is 10.2 Å². The number of rotatable bonds is 4. The van der Waals surface area contributed by atoms with E-state index in [0.29, 0.717) is 12.1 Å². The van der Waals surface area contributed by atoms with Gasteiger partial charge in [-0.2, -0.15) is 5.10 Å². The van der Waals surface area contributed by atoms with Crippen molar-refractivity contribution in [2.45, 2.75) is 6.54 Å². The molecular weight excluding hydrogens is 266 g/mol. The molecule has 0 fully saturated rings. The average molecular weight is 281 g/mol. The molecule has 0 spiro atoms. The summed E-state index contributed by atoms with van der Waals surface area (Å²) in [5.41, 5.74) is 2.55. The highest BCUT2D eigenvalue weighted by Crippen LogP contribution is 2.25. The summed E-state index contributed by atoms with van der Waals surface area (Å²) in [4.78, 5) is 0. The fourth-order valence-electron chi connectivity index (χ4n) is 2.13. The second-order valence-electron chi connectivity index (χ2n) is 4.63. The number of phenolic OH excluding ortho intramolecular Hbond substituents is 2. The summed E-state index contributed by atoms with van der Waals surface area (Å²) in [5, 5.41) is 26.6. The Morgan fingerprint density at radius 3 is 2.67 bits per heavy atom. The van der Waals surface area contributed by atoms with Gasteiger partial charge in [-0.25, -0.2) is 4.68 Å². The highest BCUT2D eigenvalue weighted by molar-refractivity contribution is 5.61. The molecule has 0 aliphatic carbocycles. The van der Waals surface area contributed by atoms with E-state index in [1.807, 2.05) is 36.5 Å². The third-order valence-corrected chi connectivity index (χ3v) is 3.19. The molecule has 0 aliphatic heterocycles. The highest BCUT2D eigenvalue weighted by Gasteiger charge is 2.06. The lowest BCUT2D eigenvalue weighted by Crippen LogP contribution is -2.04. The van der Waals surface area contributed by atoms with Crippen LogP contribution >= 0.6 is 0 Å². The van der Waals surface area contributed by atoms with Crippen LogP contribution in [0.25, 0.3) is 5.69 Å². The zero-order chi connectivity index (χ0) is 14.7. The van der Waals surface area contributed by atoms with E-state index in [1.54, 1.807) is 23.0 Å². The molecule has 0 saturated heterocycles. The SMILES string of the molecule is Oc1ccc(CNc2ccccc2-n2cccn2)c(O)c1. The summed E-state index contributed by atoms with van der Waals surface area (Å²) in [6.45, 7) is 0.449. The Morgan fingerprint density at radius 1 is 1.05 bits per heavy atom. The lowest BCUT2D eigenvalue weighted by molar-refractivity contribution is 0.446. The number of benzene rings is 2. The number of para-hydroxylation sites is 2. The van der Waals surface area contributed by atoms with Crippen molar-refractivity contribution in [3.05, 3.63) is 66.5 Å². The van der Waals surface area contributed by atoms with Crippen LogP contribution < -0.4 is 5.32 Å². The number of nitrogens with zero attached hydrogens (tertiary/aromatic N) is 2. The second kappa shape index (κ2) is 5.58. The molecule has 5 nitrogen and oxygen atoms in total. The zero-order valence-electron chi connectivity index (χ0n) is 11.3.